The van der Waals surface area contributed by atoms with Gasteiger partial charge in [0.1, 0.15) is 5.82 Å². The molecule has 4 heteroatoms. The Labute approximate surface area is 116 Å². The summed E-state index contributed by atoms with van der Waals surface area (Å²) in [6.07, 6.45) is 0. The highest BCUT2D eigenvalue weighted by Crippen LogP contribution is 2.22. The number of rotatable bonds is 3. The summed E-state index contributed by atoms with van der Waals surface area (Å²) in [5.41, 5.74) is 2.42. The van der Waals surface area contributed by atoms with Gasteiger partial charge in [0, 0.05) is 22.3 Å². The molecule has 0 bridgehead atoms. The van der Waals surface area contributed by atoms with Gasteiger partial charge in [0.2, 0.25) is 0 Å². The van der Waals surface area contributed by atoms with Crippen molar-refractivity contribution in [2.24, 2.45) is 0 Å². The van der Waals surface area contributed by atoms with Gasteiger partial charge in [-0.25, -0.2) is 4.39 Å². The van der Waals surface area contributed by atoms with Crippen LogP contribution in [0.25, 0.3) is 0 Å². The maximum atomic E-state index is 13.1. The first-order valence-corrected chi connectivity index (χ1v) is 6.26. The van der Waals surface area contributed by atoms with E-state index in [2.05, 4.69) is 5.32 Å². The van der Waals surface area contributed by atoms with Crippen LogP contribution < -0.4 is 5.32 Å². The first kappa shape index (κ1) is 13.2. The number of anilines is 1. The second-order valence-electron chi connectivity index (χ2n) is 4.05. The van der Waals surface area contributed by atoms with Gasteiger partial charge >= 0.3 is 0 Å². The molecule has 0 aliphatic heterocycles. The summed E-state index contributed by atoms with van der Waals surface area (Å²) in [7, 11) is 0. The van der Waals surface area contributed by atoms with Crippen molar-refractivity contribution in [1.29, 1.82) is 0 Å². The third-order valence-electron chi connectivity index (χ3n) is 2.66. The molecule has 0 fully saturated rings. The first-order chi connectivity index (χ1) is 8.56. The second-order valence-corrected chi connectivity index (χ2v) is 4.90. The molecule has 0 amide bonds. The highest BCUT2D eigenvalue weighted by molar-refractivity contribution is 6.35. The number of aryl methyl sites for hydroxylation is 1. The topological polar surface area (TPSA) is 12.0 Å². The molecule has 18 heavy (non-hydrogen) atoms. The summed E-state index contributed by atoms with van der Waals surface area (Å²) >= 11 is 11.9. The minimum Gasteiger partial charge on any atom is -0.381 e. The van der Waals surface area contributed by atoms with Crippen molar-refractivity contribution < 1.29 is 4.39 Å². The number of hydrogen-bond acceptors (Lipinski definition) is 1. The van der Waals surface area contributed by atoms with Crippen LogP contribution in [0.1, 0.15) is 11.1 Å². The summed E-state index contributed by atoms with van der Waals surface area (Å²) in [6.45, 7) is 2.30. The average Bonchev–Trinajstić information content (AvgIpc) is 2.32. The monoisotopic (exact) mass is 283 g/mol. The Kier molecular flexibility index (Phi) is 4.10. The van der Waals surface area contributed by atoms with Crippen molar-refractivity contribution in [3.63, 3.8) is 0 Å². The lowest BCUT2D eigenvalue weighted by Crippen LogP contribution is -2.00. The fourth-order valence-corrected chi connectivity index (χ4v) is 2.09. The Balaban J connectivity index is 2.09. The Morgan fingerprint density at radius 2 is 1.89 bits per heavy atom. The van der Waals surface area contributed by atoms with Crippen LogP contribution >= 0.6 is 23.2 Å². The molecule has 0 unspecified atom stereocenters. The third kappa shape index (κ3) is 3.15. The zero-order chi connectivity index (χ0) is 13.1. The molecule has 94 valence electrons. The van der Waals surface area contributed by atoms with E-state index in [0.717, 1.165) is 11.3 Å². The Morgan fingerprint density at radius 1 is 1.11 bits per heavy atom. The maximum absolute atomic E-state index is 13.1. The van der Waals surface area contributed by atoms with E-state index in [-0.39, 0.29) is 5.82 Å². The van der Waals surface area contributed by atoms with E-state index < -0.39 is 0 Å². The minimum absolute atomic E-state index is 0.204. The molecule has 0 aliphatic rings. The zero-order valence-electron chi connectivity index (χ0n) is 9.81. The maximum Gasteiger partial charge on any atom is 0.126 e. The zero-order valence-corrected chi connectivity index (χ0v) is 11.3. The molecule has 1 nitrogen and oxygen atoms in total. The fraction of sp³-hybridized carbons (Fsp3) is 0.143. The fourth-order valence-electron chi connectivity index (χ4n) is 1.62. The predicted molar refractivity (Wildman–Crippen MR) is 74.9 cm³/mol. The molecule has 0 saturated carbocycles. The smallest absolute Gasteiger partial charge is 0.126 e. The molecule has 0 spiro atoms. The molecule has 0 aromatic heterocycles. The van der Waals surface area contributed by atoms with Gasteiger partial charge < -0.3 is 5.32 Å². The molecule has 0 aliphatic carbocycles. The van der Waals surface area contributed by atoms with E-state index in [4.69, 9.17) is 23.2 Å². The second kappa shape index (κ2) is 5.59. The molecule has 0 heterocycles. The quantitative estimate of drug-likeness (QED) is 0.831. The molecule has 2 aromatic rings. The van der Waals surface area contributed by atoms with Gasteiger partial charge in [-0.05, 0) is 48.4 Å². The summed E-state index contributed by atoms with van der Waals surface area (Å²) < 4.78 is 13.1. The van der Waals surface area contributed by atoms with E-state index in [1.54, 1.807) is 31.2 Å². The van der Waals surface area contributed by atoms with Gasteiger partial charge in [-0.15, -0.1) is 0 Å². The Hall–Kier alpha value is -1.25. The molecule has 0 saturated heterocycles. The average molecular weight is 284 g/mol. The van der Waals surface area contributed by atoms with Crippen molar-refractivity contribution in [2.75, 3.05) is 5.32 Å². The number of hydrogen-bond donors (Lipinski definition) is 1. The lowest BCUT2D eigenvalue weighted by molar-refractivity contribution is 0.618. The van der Waals surface area contributed by atoms with Gasteiger partial charge in [0.25, 0.3) is 0 Å². The molecule has 0 atom stereocenters. The van der Waals surface area contributed by atoms with Gasteiger partial charge in [-0.3, -0.25) is 0 Å². The molecule has 1 N–H and O–H groups in total. The number of halogens is 3. The summed E-state index contributed by atoms with van der Waals surface area (Å²) in [5, 5.41) is 4.43. The van der Waals surface area contributed by atoms with Crippen LogP contribution in [0.5, 0.6) is 0 Å². The van der Waals surface area contributed by atoms with Crippen molar-refractivity contribution in [2.45, 2.75) is 13.5 Å². The van der Waals surface area contributed by atoms with Gasteiger partial charge in [-0.2, -0.15) is 0 Å². The van der Waals surface area contributed by atoms with Crippen LogP contribution in [-0.4, -0.2) is 0 Å². The van der Waals surface area contributed by atoms with Crippen LogP contribution in [0.15, 0.2) is 36.4 Å². The summed E-state index contributed by atoms with van der Waals surface area (Å²) in [4.78, 5) is 0. The lowest BCUT2D eigenvalue weighted by Gasteiger charge is -2.09. The van der Waals surface area contributed by atoms with Crippen LogP contribution in [0.2, 0.25) is 10.0 Å². The minimum atomic E-state index is -0.204. The van der Waals surface area contributed by atoms with E-state index in [1.807, 2.05) is 6.07 Å². The highest BCUT2D eigenvalue weighted by atomic mass is 35.5. The van der Waals surface area contributed by atoms with Gasteiger partial charge in [0.05, 0.1) is 0 Å². The SMILES string of the molecule is Cc1cc(NCc2ccc(Cl)cc2Cl)ccc1F. The number of benzene rings is 2. The van der Waals surface area contributed by atoms with Crippen LogP contribution in [0, 0.1) is 12.7 Å². The van der Waals surface area contributed by atoms with Gasteiger partial charge in [-0.1, -0.05) is 29.3 Å². The van der Waals surface area contributed by atoms with Crippen LogP contribution in [0.4, 0.5) is 10.1 Å². The molecular weight excluding hydrogens is 272 g/mol. The molecule has 2 aromatic carbocycles. The molecular formula is C14H12Cl2FN. The van der Waals surface area contributed by atoms with Crippen molar-refractivity contribution >= 4 is 28.9 Å². The third-order valence-corrected chi connectivity index (χ3v) is 3.24. The molecule has 0 radical (unpaired) electrons. The van der Waals surface area contributed by atoms with E-state index in [0.29, 0.717) is 22.2 Å². The van der Waals surface area contributed by atoms with E-state index in [1.165, 1.54) is 6.07 Å². The van der Waals surface area contributed by atoms with Crippen molar-refractivity contribution in [3.8, 4) is 0 Å². The van der Waals surface area contributed by atoms with Crippen LogP contribution in [-0.2, 0) is 6.54 Å². The highest BCUT2D eigenvalue weighted by Gasteiger charge is 2.02. The molecule has 2 rings (SSSR count). The Morgan fingerprint density at radius 3 is 2.56 bits per heavy atom. The first-order valence-electron chi connectivity index (χ1n) is 5.50. The lowest BCUT2D eigenvalue weighted by atomic mass is 10.2. The van der Waals surface area contributed by atoms with Crippen LogP contribution in [0.3, 0.4) is 0 Å². The van der Waals surface area contributed by atoms with E-state index in [9.17, 15) is 4.39 Å². The normalized spacial score (nSPS) is 10.4. The predicted octanol–water partition coefficient (Wildman–Crippen LogP) is 5.05. The summed E-state index contributed by atoms with van der Waals surface area (Å²) in [6, 6.07) is 10.3. The number of nitrogens with one attached hydrogen (secondary N) is 1. The van der Waals surface area contributed by atoms with Crippen molar-refractivity contribution in [3.05, 3.63) is 63.4 Å². The standard InChI is InChI=1S/C14H12Cl2FN/c1-9-6-12(4-5-14(9)17)18-8-10-2-3-11(15)7-13(10)16/h2-7,18H,8H2,1H3. The Bertz CT molecular complexity index is 570. The summed E-state index contributed by atoms with van der Waals surface area (Å²) in [5.74, 6) is -0.204. The van der Waals surface area contributed by atoms with Crippen molar-refractivity contribution in [1.82, 2.24) is 0 Å². The van der Waals surface area contributed by atoms with Gasteiger partial charge in [0.15, 0.2) is 0 Å². The van der Waals surface area contributed by atoms with E-state index >= 15 is 0 Å². The largest absolute Gasteiger partial charge is 0.381 e.